The maximum absolute atomic E-state index is 12.2. The monoisotopic (exact) mass is 279 g/mol. The van der Waals surface area contributed by atoms with Crippen molar-refractivity contribution in [1.29, 1.82) is 0 Å². The largest absolute Gasteiger partial charge is 0.497 e. The lowest BCUT2D eigenvalue weighted by molar-refractivity contribution is 0.415. The number of nitrogens with one attached hydrogen (secondary N) is 1. The zero-order valence-electron chi connectivity index (χ0n) is 10.2. The number of methoxy groups -OCH3 is 1. The lowest BCUT2D eigenvalue weighted by atomic mass is 10.3. The number of aromatic nitrogens is 1. The van der Waals surface area contributed by atoms with Crippen LogP contribution in [0.1, 0.15) is 0 Å². The fraction of sp³-hybridized carbons (Fsp3) is 0.0833. The Morgan fingerprint density at radius 2 is 2.11 bits per heavy atom. The molecule has 0 bridgehead atoms. The van der Waals surface area contributed by atoms with E-state index in [1.165, 1.54) is 25.6 Å². The van der Waals surface area contributed by atoms with Gasteiger partial charge in [0.1, 0.15) is 10.6 Å². The lowest BCUT2D eigenvalue weighted by Gasteiger charge is -2.10. The Labute approximate surface area is 111 Å². The second-order valence-corrected chi connectivity index (χ2v) is 5.40. The highest BCUT2D eigenvalue weighted by Gasteiger charge is 2.17. The predicted octanol–water partition coefficient (Wildman–Crippen LogP) is 1.47. The first-order chi connectivity index (χ1) is 9.03. The standard InChI is InChI=1S/C12H13N3O3S/c1-18-10-4-2-3-9(7-10)15-19(16,17)12-8-14-6-5-11(12)13/h2-8,15H,1H3,(H2,13,14). The van der Waals surface area contributed by atoms with Crippen molar-refractivity contribution >= 4 is 21.4 Å². The predicted molar refractivity (Wildman–Crippen MR) is 72.5 cm³/mol. The van der Waals surface area contributed by atoms with E-state index in [1.807, 2.05) is 0 Å². The molecule has 3 N–H and O–H groups in total. The first-order valence-corrected chi connectivity index (χ1v) is 6.87. The summed E-state index contributed by atoms with van der Waals surface area (Å²) < 4.78 is 31.7. The Bertz CT molecular complexity index is 686. The number of hydrogen-bond acceptors (Lipinski definition) is 5. The average Bonchev–Trinajstić information content (AvgIpc) is 2.38. The van der Waals surface area contributed by atoms with E-state index >= 15 is 0 Å². The normalized spacial score (nSPS) is 11.0. The van der Waals surface area contributed by atoms with Crippen molar-refractivity contribution in [2.75, 3.05) is 17.6 Å². The van der Waals surface area contributed by atoms with Crippen molar-refractivity contribution in [2.45, 2.75) is 4.90 Å². The maximum atomic E-state index is 12.2. The minimum absolute atomic E-state index is 0.0576. The number of rotatable bonds is 4. The van der Waals surface area contributed by atoms with Crippen LogP contribution in [-0.4, -0.2) is 20.5 Å². The molecule has 7 heteroatoms. The summed E-state index contributed by atoms with van der Waals surface area (Å²) >= 11 is 0. The van der Waals surface area contributed by atoms with Crippen LogP contribution in [0.15, 0.2) is 47.6 Å². The van der Waals surface area contributed by atoms with Crippen molar-refractivity contribution in [1.82, 2.24) is 4.98 Å². The third kappa shape index (κ3) is 2.94. The van der Waals surface area contributed by atoms with Crippen molar-refractivity contribution in [3.63, 3.8) is 0 Å². The van der Waals surface area contributed by atoms with Gasteiger partial charge in [0.25, 0.3) is 10.0 Å². The quantitative estimate of drug-likeness (QED) is 0.883. The van der Waals surface area contributed by atoms with Gasteiger partial charge in [-0.3, -0.25) is 9.71 Å². The molecule has 6 nitrogen and oxygen atoms in total. The van der Waals surface area contributed by atoms with Crippen molar-refractivity contribution in [3.8, 4) is 5.75 Å². The Balaban J connectivity index is 2.34. The van der Waals surface area contributed by atoms with E-state index in [0.717, 1.165) is 0 Å². The van der Waals surface area contributed by atoms with E-state index < -0.39 is 10.0 Å². The third-order valence-electron chi connectivity index (χ3n) is 2.43. The summed E-state index contributed by atoms with van der Waals surface area (Å²) in [4.78, 5) is 3.71. The third-order valence-corrected chi connectivity index (χ3v) is 3.85. The molecular weight excluding hydrogens is 266 g/mol. The number of nitrogens with zero attached hydrogens (tertiary/aromatic N) is 1. The first kappa shape index (κ1) is 13.2. The van der Waals surface area contributed by atoms with Crippen LogP contribution in [-0.2, 0) is 10.0 Å². The van der Waals surface area contributed by atoms with Gasteiger partial charge in [-0.15, -0.1) is 0 Å². The molecule has 0 saturated heterocycles. The highest BCUT2D eigenvalue weighted by molar-refractivity contribution is 7.92. The number of anilines is 2. The Morgan fingerprint density at radius 1 is 1.32 bits per heavy atom. The summed E-state index contributed by atoms with van der Waals surface area (Å²) in [6.45, 7) is 0. The number of benzene rings is 1. The summed E-state index contributed by atoms with van der Waals surface area (Å²) in [5, 5.41) is 0. The molecule has 1 heterocycles. The van der Waals surface area contributed by atoms with Crippen LogP contribution in [0.2, 0.25) is 0 Å². The van der Waals surface area contributed by atoms with E-state index in [9.17, 15) is 8.42 Å². The molecule has 2 rings (SSSR count). The van der Waals surface area contributed by atoms with Gasteiger partial charge in [-0.2, -0.15) is 0 Å². The number of nitrogen functional groups attached to an aromatic ring is 1. The summed E-state index contributed by atoms with van der Waals surface area (Å²) in [5.41, 5.74) is 6.17. The van der Waals surface area contributed by atoms with Gasteiger partial charge >= 0.3 is 0 Å². The molecular formula is C12H13N3O3S. The fourth-order valence-corrected chi connectivity index (χ4v) is 2.64. The van der Waals surface area contributed by atoms with E-state index in [0.29, 0.717) is 11.4 Å². The second-order valence-electron chi connectivity index (χ2n) is 3.75. The Morgan fingerprint density at radius 3 is 2.79 bits per heavy atom. The zero-order chi connectivity index (χ0) is 13.9. The molecule has 0 aliphatic rings. The van der Waals surface area contributed by atoms with Gasteiger partial charge in [0, 0.05) is 18.5 Å². The molecule has 2 aromatic rings. The number of nitrogens with two attached hydrogens (primary N) is 1. The molecule has 0 spiro atoms. The van der Waals surface area contributed by atoms with Gasteiger partial charge in [-0.25, -0.2) is 8.42 Å². The molecule has 0 atom stereocenters. The SMILES string of the molecule is COc1cccc(NS(=O)(=O)c2cnccc2N)c1. The van der Waals surface area contributed by atoms with Crippen LogP contribution in [0.5, 0.6) is 5.75 Å². The van der Waals surface area contributed by atoms with E-state index in [-0.39, 0.29) is 10.6 Å². The van der Waals surface area contributed by atoms with Gasteiger partial charge in [-0.1, -0.05) is 6.07 Å². The highest BCUT2D eigenvalue weighted by atomic mass is 32.2. The molecule has 0 fully saturated rings. The van der Waals surface area contributed by atoms with Crippen LogP contribution in [0.3, 0.4) is 0 Å². The average molecular weight is 279 g/mol. The Hall–Kier alpha value is -2.28. The van der Waals surface area contributed by atoms with Gasteiger partial charge in [0.05, 0.1) is 18.5 Å². The molecule has 0 unspecified atom stereocenters. The topological polar surface area (TPSA) is 94.3 Å². The van der Waals surface area contributed by atoms with E-state index in [2.05, 4.69) is 9.71 Å². The number of sulfonamides is 1. The van der Waals surface area contributed by atoms with Crippen molar-refractivity contribution < 1.29 is 13.2 Å². The summed E-state index contributed by atoms with van der Waals surface area (Å²) in [6.07, 6.45) is 2.64. The molecule has 0 amide bonds. The van der Waals surface area contributed by atoms with Crippen molar-refractivity contribution in [2.24, 2.45) is 0 Å². The fourth-order valence-electron chi connectivity index (χ4n) is 1.51. The molecule has 19 heavy (non-hydrogen) atoms. The highest BCUT2D eigenvalue weighted by Crippen LogP contribution is 2.22. The molecule has 0 radical (unpaired) electrons. The van der Waals surface area contributed by atoms with Crippen LogP contribution in [0.4, 0.5) is 11.4 Å². The van der Waals surface area contributed by atoms with Gasteiger partial charge in [-0.05, 0) is 18.2 Å². The van der Waals surface area contributed by atoms with Gasteiger partial charge in [0.15, 0.2) is 0 Å². The lowest BCUT2D eigenvalue weighted by Crippen LogP contribution is -2.15. The number of hydrogen-bond donors (Lipinski definition) is 2. The minimum atomic E-state index is -3.76. The molecule has 0 aliphatic carbocycles. The first-order valence-electron chi connectivity index (χ1n) is 5.39. The maximum Gasteiger partial charge on any atom is 0.265 e. The van der Waals surface area contributed by atoms with Gasteiger partial charge in [0.2, 0.25) is 0 Å². The van der Waals surface area contributed by atoms with Crippen LogP contribution in [0, 0.1) is 0 Å². The molecule has 1 aromatic carbocycles. The second kappa shape index (κ2) is 5.15. The zero-order valence-corrected chi connectivity index (χ0v) is 11.0. The van der Waals surface area contributed by atoms with E-state index in [4.69, 9.17) is 10.5 Å². The van der Waals surface area contributed by atoms with Crippen LogP contribution in [0.25, 0.3) is 0 Å². The number of pyridine rings is 1. The Kier molecular flexibility index (Phi) is 3.57. The molecule has 0 saturated carbocycles. The smallest absolute Gasteiger partial charge is 0.265 e. The molecule has 1 aromatic heterocycles. The summed E-state index contributed by atoms with van der Waals surface area (Å²) in [5.74, 6) is 0.555. The van der Waals surface area contributed by atoms with Crippen LogP contribution >= 0.6 is 0 Å². The minimum Gasteiger partial charge on any atom is -0.497 e. The number of ether oxygens (including phenoxy) is 1. The van der Waals surface area contributed by atoms with Gasteiger partial charge < -0.3 is 10.5 Å². The van der Waals surface area contributed by atoms with Crippen LogP contribution < -0.4 is 15.2 Å². The summed E-state index contributed by atoms with van der Waals surface area (Å²) in [6, 6.07) is 8.02. The summed E-state index contributed by atoms with van der Waals surface area (Å²) in [7, 11) is -2.26. The van der Waals surface area contributed by atoms with Crippen molar-refractivity contribution in [3.05, 3.63) is 42.7 Å². The van der Waals surface area contributed by atoms with E-state index in [1.54, 1.807) is 24.3 Å². The molecule has 0 aliphatic heterocycles. The molecule has 100 valence electrons.